The third-order valence-electron chi connectivity index (χ3n) is 1.45. The van der Waals surface area contributed by atoms with Crippen molar-refractivity contribution in [2.75, 3.05) is 0 Å². The molecule has 0 heterocycles. The molecular formula is C8H6FIO3. The van der Waals surface area contributed by atoms with Crippen LogP contribution in [0.4, 0.5) is 4.39 Å². The van der Waals surface area contributed by atoms with E-state index >= 15 is 0 Å². The van der Waals surface area contributed by atoms with Crippen LogP contribution >= 0.6 is 22.6 Å². The predicted octanol–water partition coefficient (Wildman–Crippen LogP) is 1.76. The number of carboxylic acid groups (broad SMARTS) is 1. The van der Waals surface area contributed by atoms with Crippen molar-refractivity contribution in [3.8, 4) is 5.75 Å². The zero-order chi connectivity index (χ0) is 10.0. The van der Waals surface area contributed by atoms with Crippen molar-refractivity contribution in [2.45, 2.75) is 6.42 Å². The fraction of sp³-hybridized carbons (Fsp3) is 0.125. The highest BCUT2D eigenvalue weighted by molar-refractivity contribution is 14.1. The Morgan fingerprint density at radius 3 is 2.69 bits per heavy atom. The molecule has 0 saturated heterocycles. The molecule has 1 rings (SSSR count). The van der Waals surface area contributed by atoms with E-state index in [1.54, 1.807) is 22.6 Å². The van der Waals surface area contributed by atoms with Gasteiger partial charge in [0.1, 0.15) is 11.6 Å². The second-order valence-electron chi connectivity index (χ2n) is 2.47. The molecule has 0 atom stereocenters. The summed E-state index contributed by atoms with van der Waals surface area (Å²) >= 11 is 1.74. The lowest BCUT2D eigenvalue weighted by Crippen LogP contribution is -2.01. The molecule has 0 aliphatic rings. The molecule has 13 heavy (non-hydrogen) atoms. The standard InChI is InChI=1S/C8H6FIO3/c9-5-1-4(2-7(11)12)8(13)6(10)3-5/h1,3,13H,2H2,(H,11,12). The van der Waals surface area contributed by atoms with Crippen molar-refractivity contribution < 1.29 is 19.4 Å². The first kappa shape index (κ1) is 10.2. The van der Waals surface area contributed by atoms with Crippen LogP contribution in [-0.2, 0) is 11.2 Å². The molecule has 0 radical (unpaired) electrons. The van der Waals surface area contributed by atoms with E-state index in [1.807, 2.05) is 0 Å². The van der Waals surface area contributed by atoms with Crippen molar-refractivity contribution in [3.05, 3.63) is 27.1 Å². The maximum Gasteiger partial charge on any atom is 0.307 e. The molecule has 2 N–H and O–H groups in total. The van der Waals surface area contributed by atoms with E-state index in [-0.39, 0.29) is 17.7 Å². The quantitative estimate of drug-likeness (QED) is 0.818. The molecule has 0 aliphatic heterocycles. The van der Waals surface area contributed by atoms with Gasteiger partial charge < -0.3 is 10.2 Å². The van der Waals surface area contributed by atoms with Crippen molar-refractivity contribution >= 4 is 28.6 Å². The molecule has 0 spiro atoms. The molecule has 3 nitrogen and oxygen atoms in total. The zero-order valence-corrected chi connectivity index (χ0v) is 8.58. The van der Waals surface area contributed by atoms with Gasteiger partial charge in [0.25, 0.3) is 0 Å². The Morgan fingerprint density at radius 2 is 2.15 bits per heavy atom. The molecule has 0 bridgehead atoms. The summed E-state index contributed by atoms with van der Waals surface area (Å²) in [6.45, 7) is 0. The molecule has 0 aliphatic carbocycles. The van der Waals surface area contributed by atoms with Gasteiger partial charge in [-0.25, -0.2) is 4.39 Å². The number of phenolic OH excluding ortho intramolecular Hbond substituents is 1. The second-order valence-corrected chi connectivity index (χ2v) is 3.63. The summed E-state index contributed by atoms with van der Waals surface area (Å²) in [5.74, 6) is -1.81. The summed E-state index contributed by atoms with van der Waals surface area (Å²) in [5, 5.41) is 17.8. The number of rotatable bonds is 2. The lowest BCUT2D eigenvalue weighted by atomic mass is 10.1. The van der Waals surface area contributed by atoms with Gasteiger partial charge in [0.15, 0.2) is 0 Å². The monoisotopic (exact) mass is 296 g/mol. The second kappa shape index (κ2) is 3.91. The normalized spacial score (nSPS) is 10.0. The number of benzene rings is 1. The van der Waals surface area contributed by atoms with Crippen molar-refractivity contribution in [1.82, 2.24) is 0 Å². The maximum absolute atomic E-state index is 12.7. The summed E-state index contributed by atoms with van der Waals surface area (Å²) in [4.78, 5) is 10.3. The molecular weight excluding hydrogens is 290 g/mol. The van der Waals surface area contributed by atoms with E-state index < -0.39 is 11.8 Å². The first-order chi connectivity index (χ1) is 6.00. The minimum atomic E-state index is -1.10. The van der Waals surface area contributed by atoms with Gasteiger partial charge in [-0.05, 0) is 34.7 Å². The van der Waals surface area contributed by atoms with Crippen molar-refractivity contribution in [2.24, 2.45) is 0 Å². The lowest BCUT2D eigenvalue weighted by molar-refractivity contribution is -0.136. The van der Waals surface area contributed by atoms with Crippen LogP contribution in [0.25, 0.3) is 0 Å². The summed E-state index contributed by atoms with van der Waals surface area (Å²) in [6.07, 6.45) is -0.375. The van der Waals surface area contributed by atoms with Crippen LogP contribution in [-0.4, -0.2) is 16.2 Å². The molecule has 5 heteroatoms. The first-order valence-corrected chi connectivity index (χ1v) is 4.47. The molecule has 1 aromatic rings. The SMILES string of the molecule is O=C(O)Cc1cc(F)cc(I)c1O. The Hall–Kier alpha value is -0.850. The predicted molar refractivity (Wildman–Crippen MR) is 52.1 cm³/mol. The van der Waals surface area contributed by atoms with E-state index in [0.717, 1.165) is 12.1 Å². The van der Waals surface area contributed by atoms with Crippen LogP contribution in [0.2, 0.25) is 0 Å². The van der Waals surface area contributed by atoms with Gasteiger partial charge in [-0.2, -0.15) is 0 Å². The minimum Gasteiger partial charge on any atom is -0.507 e. The van der Waals surface area contributed by atoms with E-state index in [9.17, 15) is 14.3 Å². The van der Waals surface area contributed by atoms with E-state index in [0.29, 0.717) is 3.57 Å². The highest BCUT2D eigenvalue weighted by Crippen LogP contribution is 2.25. The van der Waals surface area contributed by atoms with E-state index in [1.165, 1.54) is 0 Å². The molecule has 0 saturated carbocycles. The average molecular weight is 296 g/mol. The molecule has 0 amide bonds. The number of carbonyl (C=O) groups is 1. The fourth-order valence-corrected chi connectivity index (χ4v) is 1.56. The number of aliphatic carboxylic acids is 1. The Balaban J connectivity index is 3.12. The Morgan fingerprint density at radius 1 is 1.54 bits per heavy atom. The number of hydrogen-bond acceptors (Lipinski definition) is 2. The number of halogens is 2. The van der Waals surface area contributed by atoms with Gasteiger partial charge in [0.2, 0.25) is 0 Å². The largest absolute Gasteiger partial charge is 0.507 e. The van der Waals surface area contributed by atoms with E-state index in [2.05, 4.69) is 0 Å². The molecule has 0 aromatic heterocycles. The lowest BCUT2D eigenvalue weighted by Gasteiger charge is -2.03. The van der Waals surface area contributed by atoms with Gasteiger partial charge >= 0.3 is 5.97 Å². The smallest absolute Gasteiger partial charge is 0.307 e. The van der Waals surface area contributed by atoms with Gasteiger partial charge in [-0.15, -0.1) is 0 Å². The number of phenols is 1. The highest BCUT2D eigenvalue weighted by Gasteiger charge is 2.10. The van der Waals surface area contributed by atoms with Crippen molar-refractivity contribution in [3.63, 3.8) is 0 Å². The Labute approximate surface area is 87.3 Å². The van der Waals surface area contributed by atoms with Gasteiger partial charge in [0.05, 0.1) is 9.99 Å². The number of carboxylic acids is 1. The first-order valence-electron chi connectivity index (χ1n) is 3.39. The molecule has 0 fully saturated rings. The highest BCUT2D eigenvalue weighted by atomic mass is 127. The zero-order valence-electron chi connectivity index (χ0n) is 6.42. The maximum atomic E-state index is 12.7. The van der Waals surface area contributed by atoms with Crippen LogP contribution in [0.15, 0.2) is 12.1 Å². The fourth-order valence-electron chi connectivity index (χ4n) is 0.917. The number of aromatic hydroxyl groups is 1. The summed E-state index contributed by atoms with van der Waals surface area (Å²) in [7, 11) is 0. The Kier molecular flexibility index (Phi) is 3.07. The Bertz CT molecular complexity index is 351. The van der Waals surface area contributed by atoms with E-state index in [4.69, 9.17) is 5.11 Å². The van der Waals surface area contributed by atoms with Gasteiger partial charge in [-0.1, -0.05) is 0 Å². The van der Waals surface area contributed by atoms with Crippen LogP contribution in [0.5, 0.6) is 5.75 Å². The molecule has 1 aromatic carbocycles. The van der Waals surface area contributed by atoms with Crippen molar-refractivity contribution in [1.29, 1.82) is 0 Å². The molecule has 70 valence electrons. The summed E-state index contributed by atoms with van der Waals surface area (Å²) in [6, 6.07) is 2.16. The topological polar surface area (TPSA) is 57.5 Å². The summed E-state index contributed by atoms with van der Waals surface area (Å²) < 4.78 is 13.1. The van der Waals surface area contributed by atoms with Gasteiger partial charge in [0, 0.05) is 5.56 Å². The average Bonchev–Trinajstić information content (AvgIpc) is 1.98. The third-order valence-corrected chi connectivity index (χ3v) is 2.27. The number of hydrogen-bond donors (Lipinski definition) is 2. The minimum absolute atomic E-state index is 0.0944. The third kappa shape index (κ3) is 2.55. The van der Waals surface area contributed by atoms with Gasteiger partial charge in [-0.3, -0.25) is 4.79 Å². The molecule has 0 unspecified atom stereocenters. The van der Waals surface area contributed by atoms with Crippen LogP contribution < -0.4 is 0 Å². The van der Waals surface area contributed by atoms with Crippen LogP contribution in [0, 0.1) is 9.39 Å². The van der Waals surface area contributed by atoms with Crippen LogP contribution in [0.3, 0.4) is 0 Å². The van der Waals surface area contributed by atoms with Crippen LogP contribution in [0.1, 0.15) is 5.56 Å². The summed E-state index contributed by atoms with van der Waals surface area (Å²) in [5.41, 5.74) is 0.0944.